The maximum Gasteiger partial charge on any atom is 0.337 e. The van der Waals surface area contributed by atoms with Crippen LogP contribution in [-0.2, 0) is 10.0 Å². The van der Waals surface area contributed by atoms with Crippen LogP contribution < -0.4 is 14.5 Å². The first-order valence-electron chi connectivity index (χ1n) is 11.5. The van der Waals surface area contributed by atoms with Crippen LogP contribution in [0.25, 0.3) is 0 Å². The summed E-state index contributed by atoms with van der Waals surface area (Å²) in [6.07, 6.45) is 1.27. The van der Waals surface area contributed by atoms with Gasteiger partial charge in [0, 0.05) is 37.6 Å². The molecule has 0 bridgehead atoms. The topological polar surface area (TPSA) is 103 Å². The van der Waals surface area contributed by atoms with Gasteiger partial charge in [0.25, 0.3) is 10.0 Å². The number of nitrogens with one attached hydrogen (secondary N) is 1. The molecule has 0 spiro atoms. The van der Waals surface area contributed by atoms with E-state index in [-0.39, 0.29) is 22.2 Å². The van der Waals surface area contributed by atoms with Crippen molar-refractivity contribution in [1.29, 1.82) is 0 Å². The van der Waals surface area contributed by atoms with Crippen LogP contribution in [0.3, 0.4) is 0 Å². The van der Waals surface area contributed by atoms with E-state index in [1.165, 1.54) is 17.8 Å². The average Bonchev–Trinajstić information content (AvgIpc) is 2.78. The quantitative estimate of drug-likeness (QED) is 0.529. The predicted molar refractivity (Wildman–Crippen MR) is 138 cm³/mol. The zero-order valence-corrected chi connectivity index (χ0v) is 21.1. The lowest BCUT2D eigenvalue weighted by Crippen LogP contribution is -2.52. The number of aromatic nitrogens is 1. The number of hydrogen-bond donors (Lipinski definition) is 2. The summed E-state index contributed by atoms with van der Waals surface area (Å²) < 4.78 is 29.1. The maximum absolute atomic E-state index is 13.2. The van der Waals surface area contributed by atoms with Crippen LogP contribution in [0, 0.1) is 20.8 Å². The van der Waals surface area contributed by atoms with E-state index in [2.05, 4.69) is 46.7 Å². The minimum atomic E-state index is -3.95. The molecule has 1 atom stereocenters. The molecule has 0 amide bonds. The Bertz CT molecular complexity index is 1350. The van der Waals surface area contributed by atoms with E-state index in [1.54, 1.807) is 12.1 Å². The maximum atomic E-state index is 13.2. The van der Waals surface area contributed by atoms with Gasteiger partial charge in [-0.3, -0.25) is 4.72 Å². The van der Waals surface area contributed by atoms with Gasteiger partial charge in [-0.1, -0.05) is 18.2 Å². The molecule has 1 saturated heterocycles. The first kappa shape index (κ1) is 24.5. The summed E-state index contributed by atoms with van der Waals surface area (Å²) in [5, 5.41) is 9.49. The highest BCUT2D eigenvalue weighted by Gasteiger charge is 2.28. The fourth-order valence-corrected chi connectivity index (χ4v) is 5.77. The predicted octanol–water partition coefficient (Wildman–Crippen LogP) is 4.22. The number of carbonyl (C=O) groups is 1. The van der Waals surface area contributed by atoms with Crippen molar-refractivity contribution in [2.45, 2.75) is 38.6 Å². The summed E-state index contributed by atoms with van der Waals surface area (Å²) in [4.78, 5) is 20.4. The molecule has 3 aromatic rings. The van der Waals surface area contributed by atoms with Crippen LogP contribution in [0.15, 0.2) is 59.6 Å². The summed E-state index contributed by atoms with van der Waals surface area (Å²) in [6.45, 7) is 9.77. The number of rotatable bonds is 6. The highest BCUT2D eigenvalue weighted by Crippen LogP contribution is 2.31. The Morgan fingerprint density at radius 1 is 1.03 bits per heavy atom. The average molecular weight is 495 g/mol. The second-order valence-electron chi connectivity index (χ2n) is 9.16. The third-order valence-corrected chi connectivity index (χ3v) is 7.47. The van der Waals surface area contributed by atoms with Gasteiger partial charge in [0.05, 0.1) is 16.1 Å². The Morgan fingerprint density at radius 2 is 1.74 bits per heavy atom. The number of aryl methyl sites for hydroxylation is 3. The number of aromatic carboxylic acids is 1. The minimum absolute atomic E-state index is 0.0849. The second-order valence-corrected chi connectivity index (χ2v) is 10.8. The van der Waals surface area contributed by atoms with Crippen molar-refractivity contribution < 1.29 is 18.3 Å². The number of benzene rings is 2. The van der Waals surface area contributed by atoms with Crippen LogP contribution in [-0.4, -0.2) is 50.2 Å². The number of sulfonamides is 1. The van der Waals surface area contributed by atoms with Gasteiger partial charge in [0.2, 0.25) is 0 Å². The van der Waals surface area contributed by atoms with Crippen molar-refractivity contribution in [2.75, 3.05) is 34.2 Å². The molecule has 0 radical (unpaired) electrons. The summed E-state index contributed by atoms with van der Waals surface area (Å²) in [5.74, 6) is -0.757. The van der Waals surface area contributed by atoms with Gasteiger partial charge in [-0.2, -0.15) is 0 Å². The van der Waals surface area contributed by atoms with Gasteiger partial charge in [0.15, 0.2) is 5.82 Å². The smallest absolute Gasteiger partial charge is 0.337 e. The fraction of sp³-hybridized carbons (Fsp3) is 0.308. The van der Waals surface area contributed by atoms with Gasteiger partial charge in [-0.05, 0) is 74.7 Å². The van der Waals surface area contributed by atoms with Crippen molar-refractivity contribution in [2.24, 2.45) is 0 Å². The van der Waals surface area contributed by atoms with Crippen LogP contribution in [0.5, 0.6) is 0 Å². The third kappa shape index (κ3) is 5.40. The molecule has 1 unspecified atom stereocenters. The van der Waals surface area contributed by atoms with Crippen molar-refractivity contribution >= 4 is 33.2 Å². The zero-order chi connectivity index (χ0) is 25.3. The molecular formula is C26H30N4O4S. The first-order valence-corrected chi connectivity index (χ1v) is 12.9. The minimum Gasteiger partial charge on any atom is -0.478 e. The number of carboxylic acids is 1. The number of hydrogen-bond acceptors (Lipinski definition) is 6. The molecule has 9 heteroatoms. The first-order chi connectivity index (χ1) is 16.5. The van der Waals surface area contributed by atoms with Crippen molar-refractivity contribution in [1.82, 2.24) is 4.98 Å². The number of nitrogens with zero attached hydrogens (tertiary/aromatic N) is 3. The summed E-state index contributed by atoms with van der Waals surface area (Å²) in [5.41, 5.74) is 4.04. The van der Waals surface area contributed by atoms with E-state index in [4.69, 9.17) is 0 Å². The molecule has 0 saturated carbocycles. The van der Waals surface area contributed by atoms with Gasteiger partial charge in [-0.25, -0.2) is 18.2 Å². The molecule has 35 heavy (non-hydrogen) atoms. The van der Waals surface area contributed by atoms with Gasteiger partial charge < -0.3 is 14.9 Å². The van der Waals surface area contributed by atoms with E-state index >= 15 is 0 Å². The van der Waals surface area contributed by atoms with Crippen molar-refractivity contribution in [3.63, 3.8) is 0 Å². The standard InChI is InChI=1S/C26H30N4O4S/c1-17-6-5-7-22(11-17)30-9-8-29(16-20(30)4)25-24(14-21(15-27-25)26(31)32)28-35(33,34)23-12-18(2)10-19(3)13-23/h5-7,10-15,20,28H,8-9,16H2,1-4H3,(H,31,32). The lowest BCUT2D eigenvalue weighted by atomic mass is 10.1. The Hall–Kier alpha value is -3.59. The lowest BCUT2D eigenvalue weighted by Gasteiger charge is -2.42. The molecule has 1 fully saturated rings. The number of pyridine rings is 1. The Balaban J connectivity index is 1.65. The van der Waals surface area contributed by atoms with Crippen LogP contribution in [0.4, 0.5) is 17.2 Å². The van der Waals surface area contributed by atoms with Gasteiger partial charge >= 0.3 is 5.97 Å². The highest BCUT2D eigenvalue weighted by atomic mass is 32.2. The summed E-state index contributed by atoms with van der Waals surface area (Å²) >= 11 is 0. The Labute approximate surface area is 206 Å². The van der Waals surface area contributed by atoms with Crippen LogP contribution >= 0.6 is 0 Å². The van der Waals surface area contributed by atoms with E-state index in [1.807, 2.05) is 30.9 Å². The van der Waals surface area contributed by atoms with E-state index < -0.39 is 16.0 Å². The van der Waals surface area contributed by atoms with Crippen LogP contribution in [0.2, 0.25) is 0 Å². The molecule has 8 nitrogen and oxygen atoms in total. The molecule has 4 rings (SSSR count). The van der Waals surface area contributed by atoms with Gasteiger partial charge in [-0.15, -0.1) is 0 Å². The zero-order valence-electron chi connectivity index (χ0n) is 20.3. The molecule has 2 heterocycles. The van der Waals surface area contributed by atoms with Gasteiger partial charge in [0.1, 0.15) is 0 Å². The van der Waals surface area contributed by atoms with Crippen molar-refractivity contribution in [3.05, 3.63) is 77.0 Å². The molecular weight excluding hydrogens is 464 g/mol. The van der Waals surface area contributed by atoms with E-state index in [0.717, 1.165) is 23.4 Å². The largest absolute Gasteiger partial charge is 0.478 e. The van der Waals surface area contributed by atoms with E-state index in [9.17, 15) is 18.3 Å². The molecule has 1 aliphatic heterocycles. The summed E-state index contributed by atoms with van der Waals surface area (Å²) in [7, 11) is -3.95. The molecule has 1 aliphatic rings. The monoisotopic (exact) mass is 494 g/mol. The molecule has 2 N–H and O–H groups in total. The number of piperazine rings is 1. The highest BCUT2D eigenvalue weighted by molar-refractivity contribution is 7.92. The molecule has 0 aliphatic carbocycles. The van der Waals surface area contributed by atoms with Crippen molar-refractivity contribution in [3.8, 4) is 0 Å². The molecule has 184 valence electrons. The van der Waals surface area contributed by atoms with Crippen LogP contribution in [0.1, 0.15) is 34.0 Å². The number of carboxylic acid groups (broad SMARTS) is 1. The SMILES string of the molecule is Cc1cccc(N2CCN(c3ncc(C(=O)O)cc3NS(=O)(=O)c3cc(C)cc(C)c3)CC2C)c1. The Kier molecular flexibility index (Phi) is 6.71. The summed E-state index contributed by atoms with van der Waals surface area (Å²) in [6, 6.07) is 14.9. The fourth-order valence-electron chi connectivity index (χ4n) is 4.53. The molecule has 2 aromatic carbocycles. The lowest BCUT2D eigenvalue weighted by molar-refractivity contribution is 0.0696. The second kappa shape index (κ2) is 9.58. The number of anilines is 3. The molecule has 1 aromatic heterocycles. The third-order valence-electron chi connectivity index (χ3n) is 6.12. The normalized spacial score (nSPS) is 16.3. The van der Waals surface area contributed by atoms with E-state index in [0.29, 0.717) is 18.9 Å². The Morgan fingerprint density at radius 3 is 2.37 bits per heavy atom.